The van der Waals surface area contributed by atoms with Crippen LogP contribution in [-0.2, 0) is 9.47 Å². The Morgan fingerprint density at radius 1 is 1.06 bits per heavy atom. The van der Waals surface area contributed by atoms with Crippen LogP contribution in [-0.4, -0.2) is 28.8 Å². The monoisotopic (exact) mass is 514 g/mol. The Morgan fingerprint density at radius 3 is 2.31 bits per heavy atom. The molecule has 1 aromatic heterocycles. The number of fused-ring (bicyclic) bond motifs is 1. The van der Waals surface area contributed by atoms with Crippen molar-refractivity contribution in [2.75, 3.05) is 11.9 Å². The molecule has 0 aliphatic rings. The van der Waals surface area contributed by atoms with E-state index in [1.165, 1.54) is 6.92 Å². The number of hydrogen-bond acceptors (Lipinski definition) is 5. The number of anilines is 1. The fraction of sp³-hybridized carbons (Fsp3) is 0.261. The van der Waals surface area contributed by atoms with Crippen LogP contribution >= 0.6 is 11.6 Å². The maximum absolute atomic E-state index is 14.9. The summed E-state index contributed by atoms with van der Waals surface area (Å²) in [5.74, 6) is -6.57. The summed E-state index contributed by atoms with van der Waals surface area (Å²) in [5.41, 5.74) is -4.23. The molecule has 3 rings (SSSR count). The molecule has 0 fully saturated rings. The van der Waals surface area contributed by atoms with Crippen molar-refractivity contribution < 1.29 is 36.6 Å². The van der Waals surface area contributed by atoms with Gasteiger partial charge in [0, 0.05) is 12.3 Å². The number of hydrogen-bond donors (Lipinski definition) is 1. The second-order valence-electron chi connectivity index (χ2n) is 8.26. The molecule has 0 unspecified atom stereocenters. The van der Waals surface area contributed by atoms with E-state index in [1.807, 2.05) is 0 Å². The molecule has 0 radical (unpaired) electrons. The van der Waals surface area contributed by atoms with E-state index in [9.17, 15) is 31.9 Å². The predicted octanol–water partition coefficient (Wildman–Crippen LogP) is 5.72. The average Bonchev–Trinajstić information content (AvgIpc) is 2.73. The summed E-state index contributed by atoms with van der Waals surface area (Å²) in [7, 11) is 0. The Kier molecular flexibility index (Phi) is 7.11. The number of ether oxygens (including phenoxy) is 2. The summed E-state index contributed by atoms with van der Waals surface area (Å²) in [4.78, 5) is 37.3. The van der Waals surface area contributed by atoms with Crippen molar-refractivity contribution in [2.45, 2.75) is 33.3 Å². The van der Waals surface area contributed by atoms with Crippen molar-refractivity contribution in [3.8, 4) is 5.69 Å². The zero-order chi connectivity index (χ0) is 26.2. The number of amides is 1. The number of carbonyl (C=O) groups excluding carboxylic acids is 2. The second kappa shape index (κ2) is 9.57. The standard InChI is InChI=1S/C23H19ClF4N2O5/c1-5-34-21(32)11-9-30(19-10(20(11)31)6-14(27)18(28)17(19)24)16-8-15(12(25)7-13(16)26)29-22(33)35-23(2,3)4/h6-9H,5H2,1-4H3,(H,29,33). The number of nitrogens with one attached hydrogen (secondary N) is 1. The Hall–Kier alpha value is -3.60. The van der Waals surface area contributed by atoms with Crippen LogP contribution < -0.4 is 10.7 Å². The van der Waals surface area contributed by atoms with E-state index in [0.717, 1.165) is 16.8 Å². The molecule has 0 saturated carbocycles. The Morgan fingerprint density at radius 2 is 1.71 bits per heavy atom. The van der Waals surface area contributed by atoms with Crippen LogP contribution in [0.1, 0.15) is 38.1 Å². The number of pyridine rings is 1. The van der Waals surface area contributed by atoms with Crippen molar-refractivity contribution in [1.82, 2.24) is 4.57 Å². The Bertz CT molecular complexity index is 1420. The molecule has 0 atom stereocenters. The van der Waals surface area contributed by atoms with Crippen LogP contribution in [0.2, 0.25) is 5.02 Å². The van der Waals surface area contributed by atoms with Crippen molar-refractivity contribution in [3.05, 3.63) is 68.5 Å². The largest absolute Gasteiger partial charge is 0.462 e. The van der Waals surface area contributed by atoms with Crippen LogP contribution in [0.4, 0.5) is 28.0 Å². The van der Waals surface area contributed by atoms with E-state index in [4.69, 9.17) is 21.1 Å². The van der Waals surface area contributed by atoms with Gasteiger partial charge in [-0.1, -0.05) is 11.6 Å². The van der Waals surface area contributed by atoms with Gasteiger partial charge in [-0.3, -0.25) is 10.1 Å². The molecule has 186 valence electrons. The molecule has 12 heteroatoms. The van der Waals surface area contributed by atoms with Crippen LogP contribution in [0.5, 0.6) is 0 Å². The molecule has 3 aromatic rings. The van der Waals surface area contributed by atoms with E-state index < -0.39 is 79.2 Å². The lowest BCUT2D eigenvalue weighted by atomic mass is 10.1. The minimum atomic E-state index is -1.54. The van der Waals surface area contributed by atoms with Crippen molar-refractivity contribution >= 4 is 40.3 Å². The summed E-state index contributed by atoms with van der Waals surface area (Å²) < 4.78 is 68.4. The van der Waals surface area contributed by atoms with Gasteiger partial charge in [0.05, 0.1) is 28.9 Å². The molecule has 0 spiro atoms. The summed E-state index contributed by atoms with van der Waals surface area (Å²) in [5, 5.41) is 0.664. The van der Waals surface area contributed by atoms with Gasteiger partial charge in [-0.05, 0) is 39.8 Å². The van der Waals surface area contributed by atoms with Crippen molar-refractivity contribution in [1.29, 1.82) is 0 Å². The topological polar surface area (TPSA) is 86.6 Å². The molecule has 0 bridgehead atoms. The molecular weight excluding hydrogens is 496 g/mol. The fourth-order valence-corrected chi connectivity index (χ4v) is 3.45. The number of benzene rings is 2. The van der Waals surface area contributed by atoms with Gasteiger partial charge in [0.1, 0.15) is 27.8 Å². The lowest BCUT2D eigenvalue weighted by molar-refractivity contribution is 0.0523. The quantitative estimate of drug-likeness (QED) is 0.273. The first-order valence-corrected chi connectivity index (χ1v) is 10.5. The van der Waals surface area contributed by atoms with Gasteiger partial charge >= 0.3 is 12.1 Å². The van der Waals surface area contributed by atoms with E-state index >= 15 is 0 Å². The minimum Gasteiger partial charge on any atom is -0.462 e. The molecule has 0 aliphatic heterocycles. The number of halogens is 5. The first-order valence-electron chi connectivity index (χ1n) is 10.1. The molecule has 2 aromatic carbocycles. The highest BCUT2D eigenvalue weighted by Crippen LogP contribution is 2.32. The third-order valence-electron chi connectivity index (χ3n) is 4.55. The first kappa shape index (κ1) is 26.0. The van der Waals surface area contributed by atoms with Crippen LogP contribution in [0, 0.1) is 23.3 Å². The van der Waals surface area contributed by atoms with Crippen LogP contribution in [0.15, 0.2) is 29.2 Å². The van der Waals surface area contributed by atoms with Gasteiger partial charge in [0.2, 0.25) is 5.43 Å². The third-order valence-corrected chi connectivity index (χ3v) is 4.90. The van der Waals surface area contributed by atoms with Gasteiger partial charge in [-0.2, -0.15) is 0 Å². The van der Waals surface area contributed by atoms with E-state index in [-0.39, 0.29) is 6.61 Å². The predicted molar refractivity (Wildman–Crippen MR) is 120 cm³/mol. The lowest BCUT2D eigenvalue weighted by Crippen LogP contribution is -2.27. The first-order chi connectivity index (χ1) is 16.2. The molecule has 0 aliphatic carbocycles. The van der Waals surface area contributed by atoms with Gasteiger partial charge in [0.15, 0.2) is 11.6 Å². The second-order valence-corrected chi connectivity index (χ2v) is 8.63. The van der Waals surface area contributed by atoms with Crippen molar-refractivity contribution in [3.63, 3.8) is 0 Å². The zero-order valence-electron chi connectivity index (χ0n) is 18.9. The van der Waals surface area contributed by atoms with Crippen LogP contribution in [0.25, 0.3) is 16.6 Å². The SMILES string of the molecule is CCOC(=O)c1cn(-c2cc(NC(=O)OC(C)(C)C)c(F)cc2F)c2c(Cl)c(F)c(F)cc2c1=O. The molecule has 1 N–H and O–H groups in total. The van der Waals surface area contributed by atoms with Gasteiger partial charge in [-0.15, -0.1) is 0 Å². The van der Waals surface area contributed by atoms with Gasteiger partial charge < -0.3 is 14.0 Å². The summed E-state index contributed by atoms with van der Waals surface area (Å²) in [6.07, 6.45) is -0.253. The maximum Gasteiger partial charge on any atom is 0.412 e. The lowest BCUT2D eigenvalue weighted by Gasteiger charge is -2.20. The molecule has 35 heavy (non-hydrogen) atoms. The number of rotatable bonds is 4. The van der Waals surface area contributed by atoms with Gasteiger partial charge in [-0.25, -0.2) is 27.2 Å². The summed E-state index contributed by atoms with van der Waals surface area (Å²) in [6.45, 7) is 6.05. The minimum absolute atomic E-state index is 0.121. The smallest absolute Gasteiger partial charge is 0.412 e. The third kappa shape index (κ3) is 5.24. The summed E-state index contributed by atoms with van der Waals surface area (Å²) >= 11 is 5.95. The molecular formula is C23H19ClF4N2O5. The number of nitrogens with zero attached hydrogens (tertiary/aromatic N) is 1. The van der Waals surface area contributed by atoms with Gasteiger partial charge in [0.25, 0.3) is 0 Å². The van der Waals surface area contributed by atoms with E-state index in [0.29, 0.717) is 12.1 Å². The Balaban J connectivity index is 2.34. The molecule has 1 heterocycles. The fourth-order valence-electron chi connectivity index (χ4n) is 3.17. The number of aromatic nitrogens is 1. The van der Waals surface area contributed by atoms with Crippen LogP contribution in [0.3, 0.4) is 0 Å². The number of carbonyl (C=O) groups is 2. The molecule has 7 nitrogen and oxygen atoms in total. The molecule has 1 amide bonds. The normalized spacial score (nSPS) is 11.5. The zero-order valence-corrected chi connectivity index (χ0v) is 19.7. The highest BCUT2D eigenvalue weighted by atomic mass is 35.5. The van der Waals surface area contributed by atoms with Crippen molar-refractivity contribution in [2.24, 2.45) is 0 Å². The highest BCUT2D eigenvalue weighted by Gasteiger charge is 2.25. The Labute approximate surface area is 201 Å². The maximum atomic E-state index is 14.9. The highest BCUT2D eigenvalue weighted by molar-refractivity contribution is 6.35. The van der Waals surface area contributed by atoms with E-state index in [2.05, 4.69) is 5.32 Å². The number of esters is 1. The molecule has 0 saturated heterocycles. The average molecular weight is 515 g/mol. The summed E-state index contributed by atoms with van der Waals surface area (Å²) in [6, 6.07) is 1.72. The van der Waals surface area contributed by atoms with E-state index in [1.54, 1.807) is 20.8 Å².